The maximum atomic E-state index is 13.6. The van der Waals surface area contributed by atoms with Crippen molar-refractivity contribution in [3.63, 3.8) is 0 Å². The molecule has 0 saturated heterocycles. The summed E-state index contributed by atoms with van der Waals surface area (Å²) >= 11 is 0. The van der Waals surface area contributed by atoms with Gasteiger partial charge in [0.2, 0.25) is 0 Å². The molecule has 1 aliphatic carbocycles. The summed E-state index contributed by atoms with van der Waals surface area (Å²) in [4.78, 5) is 0. The number of aromatic hydroxyl groups is 1. The Labute approximate surface area is 95.5 Å². The summed E-state index contributed by atoms with van der Waals surface area (Å²) in [6, 6.07) is 4.76. The van der Waals surface area contributed by atoms with E-state index < -0.39 is 0 Å². The Kier molecular flexibility index (Phi) is 2.66. The topological polar surface area (TPSA) is 32.3 Å². The molecular formula is C13H18FNO. The lowest BCUT2D eigenvalue weighted by Gasteiger charge is -2.16. The maximum Gasteiger partial charge on any atom is 0.131 e. The molecule has 2 N–H and O–H groups in total. The quantitative estimate of drug-likeness (QED) is 0.825. The van der Waals surface area contributed by atoms with Crippen LogP contribution in [0.5, 0.6) is 5.75 Å². The van der Waals surface area contributed by atoms with Gasteiger partial charge in [-0.25, -0.2) is 4.39 Å². The van der Waals surface area contributed by atoms with Crippen molar-refractivity contribution in [2.45, 2.75) is 39.3 Å². The SMILES string of the molecule is CC(NC1CC1(C)C)c1ccc(O)cc1F. The fraction of sp³-hybridized carbons (Fsp3) is 0.538. The molecule has 0 heterocycles. The van der Waals surface area contributed by atoms with E-state index in [1.54, 1.807) is 6.07 Å². The van der Waals surface area contributed by atoms with Gasteiger partial charge in [0.05, 0.1) is 0 Å². The van der Waals surface area contributed by atoms with Crippen LogP contribution in [0.2, 0.25) is 0 Å². The van der Waals surface area contributed by atoms with Crippen LogP contribution >= 0.6 is 0 Å². The van der Waals surface area contributed by atoms with E-state index in [-0.39, 0.29) is 17.6 Å². The standard InChI is InChI=1S/C13H18FNO/c1-8(15-12-7-13(12,2)3)10-5-4-9(16)6-11(10)14/h4-6,8,12,15-16H,7H2,1-3H3. The Morgan fingerprint density at radius 2 is 2.12 bits per heavy atom. The van der Waals surface area contributed by atoms with E-state index in [1.807, 2.05) is 6.92 Å². The van der Waals surface area contributed by atoms with Gasteiger partial charge in [-0.05, 0) is 24.8 Å². The summed E-state index contributed by atoms with van der Waals surface area (Å²) in [7, 11) is 0. The molecule has 1 saturated carbocycles. The van der Waals surface area contributed by atoms with E-state index in [0.717, 1.165) is 12.5 Å². The molecule has 1 aliphatic rings. The molecule has 2 rings (SSSR count). The maximum absolute atomic E-state index is 13.6. The highest BCUT2D eigenvalue weighted by molar-refractivity contribution is 5.29. The first-order valence-electron chi connectivity index (χ1n) is 5.64. The monoisotopic (exact) mass is 223 g/mol. The summed E-state index contributed by atoms with van der Waals surface area (Å²) in [5.74, 6) is -0.376. The van der Waals surface area contributed by atoms with E-state index in [4.69, 9.17) is 5.11 Å². The second-order valence-corrected chi connectivity index (χ2v) is 5.34. The lowest BCUT2D eigenvalue weighted by atomic mass is 10.1. The van der Waals surface area contributed by atoms with Gasteiger partial charge in [-0.1, -0.05) is 19.9 Å². The molecule has 0 spiro atoms. The van der Waals surface area contributed by atoms with Crippen molar-refractivity contribution in [1.29, 1.82) is 0 Å². The van der Waals surface area contributed by atoms with Crippen LogP contribution in [-0.2, 0) is 0 Å². The molecule has 0 bridgehead atoms. The first-order chi connectivity index (χ1) is 7.40. The molecule has 0 aromatic heterocycles. The molecule has 0 radical (unpaired) electrons. The van der Waals surface area contributed by atoms with Crippen molar-refractivity contribution in [1.82, 2.24) is 5.32 Å². The van der Waals surface area contributed by atoms with Crippen LogP contribution in [0.25, 0.3) is 0 Å². The molecular weight excluding hydrogens is 205 g/mol. The summed E-state index contributed by atoms with van der Waals surface area (Å²) in [5.41, 5.74) is 0.947. The van der Waals surface area contributed by atoms with Crippen LogP contribution < -0.4 is 5.32 Å². The number of rotatable bonds is 3. The number of phenols is 1. The Bertz CT molecular complexity index is 403. The Balaban J connectivity index is 2.06. The normalized spacial score (nSPS) is 24.1. The Hall–Kier alpha value is -1.09. The summed E-state index contributed by atoms with van der Waals surface area (Å²) < 4.78 is 13.6. The predicted molar refractivity (Wildman–Crippen MR) is 61.8 cm³/mol. The number of nitrogens with one attached hydrogen (secondary N) is 1. The van der Waals surface area contributed by atoms with Crippen molar-refractivity contribution >= 4 is 0 Å². The summed E-state index contributed by atoms with van der Waals surface area (Å²) in [6.45, 7) is 6.35. The molecule has 3 heteroatoms. The van der Waals surface area contributed by atoms with Crippen molar-refractivity contribution in [2.75, 3.05) is 0 Å². The van der Waals surface area contributed by atoms with E-state index >= 15 is 0 Å². The van der Waals surface area contributed by atoms with Crippen molar-refractivity contribution < 1.29 is 9.50 Å². The van der Waals surface area contributed by atoms with Crippen LogP contribution in [0, 0.1) is 11.2 Å². The van der Waals surface area contributed by atoms with Gasteiger partial charge < -0.3 is 10.4 Å². The van der Waals surface area contributed by atoms with Gasteiger partial charge in [0.1, 0.15) is 11.6 Å². The number of phenolic OH excluding ortho intramolecular Hbond substituents is 1. The van der Waals surface area contributed by atoms with Crippen LogP contribution in [0.4, 0.5) is 4.39 Å². The third kappa shape index (κ3) is 2.19. The first kappa shape index (κ1) is 11.4. The van der Waals surface area contributed by atoms with Crippen molar-refractivity contribution in [2.24, 2.45) is 5.41 Å². The van der Waals surface area contributed by atoms with Crippen LogP contribution in [0.3, 0.4) is 0 Å². The largest absolute Gasteiger partial charge is 0.508 e. The lowest BCUT2D eigenvalue weighted by Crippen LogP contribution is -2.24. The van der Waals surface area contributed by atoms with Crippen LogP contribution in [0.15, 0.2) is 18.2 Å². The van der Waals surface area contributed by atoms with E-state index in [2.05, 4.69) is 19.2 Å². The predicted octanol–water partition coefficient (Wildman–Crippen LogP) is 2.98. The number of halogens is 1. The molecule has 16 heavy (non-hydrogen) atoms. The molecule has 1 fully saturated rings. The van der Waals surface area contributed by atoms with E-state index in [9.17, 15) is 4.39 Å². The van der Waals surface area contributed by atoms with Gasteiger partial charge >= 0.3 is 0 Å². The smallest absolute Gasteiger partial charge is 0.131 e. The first-order valence-corrected chi connectivity index (χ1v) is 5.64. The van der Waals surface area contributed by atoms with Crippen LogP contribution in [0.1, 0.15) is 38.8 Å². The van der Waals surface area contributed by atoms with Gasteiger partial charge in [0, 0.05) is 23.7 Å². The zero-order chi connectivity index (χ0) is 11.9. The summed E-state index contributed by atoms with van der Waals surface area (Å²) in [6.07, 6.45) is 1.14. The average Bonchev–Trinajstić information content (AvgIpc) is 2.72. The molecule has 0 aliphatic heterocycles. The molecule has 2 atom stereocenters. The molecule has 2 unspecified atom stereocenters. The zero-order valence-electron chi connectivity index (χ0n) is 9.92. The Morgan fingerprint density at radius 1 is 1.50 bits per heavy atom. The number of benzene rings is 1. The lowest BCUT2D eigenvalue weighted by molar-refractivity contribution is 0.456. The van der Waals surface area contributed by atoms with E-state index in [1.165, 1.54) is 6.07 Å². The van der Waals surface area contributed by atoms with Gasteiger partial charge in [-0.15, -0.1) is 0 Å². The fourth-order valence-electron chi connectivity index (χ4n) is 2.01. The second kappa shape index (κ2) is 3.74. The van der Waals surface area contributed by atoms with Gasteiger partial charge in [-0.3, -0.25) is 0 Å². The van der Waals surface area contributed by atoms with Gasteiger partial charge in [0.15, 0.2) is 0 Å². The molecule has 2 nitrogen and oxygen atoms in total. The minimum atomic E-state index is -0.349. The third-order valence-corrected chi connectivity index (χ3v) is 3.42. The molecule has 1 aromatic carbocycles. The minimum absolute atomic E-state index is 0.0209. The zero-order valence-corrected chi connectivity index (χ0v) is 9.92. The average molecular weight is 223 g/mol. The highest BCUT2D eigenvalue weighted by Gasteiger charge is 2.46. The third-order valence-electron chi connectivity index (χ3n) is 3.42. The van der Waals surface area contributed by atoms with Gasteiger partial charge in [0.25, 0.3) is 0 Å². The summed E-state index contributed by atoms with van der Waals surface area (Å²) in [5, 5.41) is 12.5. The highest BCUT2D eigenvalue weighted by Crippen LogP contribution is 2.45. The van der Waals surface area contributed by atoms with Crippen molar-refractivity contribution in [3.8, 4) is 5.75 Å². The number of hydrogen-bond acceptors (Lipinski definition) is 2. The van der Waals surface area contributed by atoms with Crippen LogP contribution in [-0.4, -0.2) is 11.1 Å². The van der Waals surface area contributed by atoms with Gasteiger partial charge in [-0.2, -0.15) is 0 Å². The van der Waals surface area contributed by atoms with Crippen molar-refractivity contribution in [3.05, 3.63) is 29.6 Å². The molecule has 0 amide bonds. The van der Waals surface area contributed by atoms with E-state index in [0.29, 0.717) is 17.0 Å². The Morgan fingerprint density at radius 3 is 2.62 bits per heavy atom. The second-order valence-electron chi connectivity index (χ2n) is 5.34. The number of hydrogen-bond donors (Lipinski definition) is 2. The molecule has 1 aromatic rings. The fourth-order valence-corrected chi connectivity index (χ4v) is 2.01. The molecule has 88 valence electrons. The highest BCUT2D eigenvalue weighted by atomic mass is 19.1. The minimum Gasteiger partial charge on any atom is -0.508 e.